The Balaban J connectivity index is 1.47. The summed E-state index contributed by atoms with van der Waals surface area (Å²) >= 11 is 0. The summed E-state index contributed by atoms with van der Waals surface area (Å²) in [5.74, 6) is -0.384. The Morgan fingerprint density at radius 2 is 1.89 bits per heavy atom. The van der Waals surface area contributed by atoms with Crippen molar-refractivity contribution < 1.29 is 14.3 Å². The van der Waals surface area contributed by atoms with Crippen molar-refractivity contribution in [3.05, 3.63) is 95.7 Å². The summed E-state index contributed by atoms with van der Waals surface area (Å²) in [6.07, 6.45) is 7.82. The molecule has 1 N–H and O–H groups in total. The van der Waals surface area contributed by atoms with Crippen LogP contribution in [0.3, 0.4) is 0 Å². The number of aliphatic hydroxyl groups is 1. The van der Waals surface area contributed by atoms with Gasteiger partial charge in [-0.1, -0.05) is 30.3 Å². The van der Waals surface area contributed by atoms with Gasteiger partial charge in [-0.05, 0) is 81.1 Å². The van der Waals surface area contributed by atoms with Gasteiger partial charge >= 0.3 is 0 Å². The summed E-state index contributed by atoms with van der Waals surface area (Å²) in [7, 11) is 0. The molecule has 0 atom stereocenters. The van der Waals surface area contributed by atoms with Crippen molar-refractivity contribution in [2.24, 2.45) is 0 Å². The maximum atomic E-state index is 14.4. The number of aliphatic hydroxyl groups excluding tert-OH is 1. The van der Waals surface area contributed by atoms with Crippen LogP contribution in [-0.4, -0.2) is 62.6 Å². The molecule has 1 aliphatic heterocycles. The number of carbonyl (C=O) groups is 1. The summed E-state index contributed by atoms with van der Waals surface area (Å²) < 4.78 is 16.4. The number of aromatic nitrogens is 2. The zero-order chi connectivity index (χ0) is 26.6. The van der Waals surface area contributed by atoms with Crippen molar-refractivity contribution in [1.82, 2.24) is 19.4 Å². The number of fused-ring (bicyclic) bond motifs is 1. The molecular weight excluding hydrogens is 479 g/mol. The highest BCUT2D eigenvalue weighted by molar-refractivity contribution is 5.99. The van der Waals surface area contributed by atoms with E-state index < -0.39 is 5.82 Å². The number of likely N-dealkylation sites (tertiary alicyclic amines) is 1. The summed E-state index contributed by atoms with van der Waals surface area (Å²) in [6.45, 7) is 6.81. The van der Waals surface area contributed by atoms with Gasteiger partial charge in [0.2, 0.25) is 0 Å². The van der Waals surface area contributed by atoms with Crippen LogP contribution in [0.5, 0.6) is 0 Å². The Kier molecular flexibility index (Phi) is 7.86. The van der Waals surface area contributed by atoms with Gasteiger partial charge in [0.15, 0.2) is 0 Å². The maximum absolute atomic E-state index is 14.4. The lowest BCUT2D eigenvalue weighted by Crippen LogP contribution is -2.39. The topological polar surface area (TPSA) is 61.6 Å². The summed E-state index contributed by atoms with van der Waals surface area (Å²) in [5, 5.41) is 10.6. The summed E-state index contributed by atoms with van der Waals surface area (Å²) in [6, 6.07) is 16.8. The maximum Gasteiger partial charge on any atom is 0.256 e. The third kappa shape index (κ3) is 5.35. The van der Waals surface area contributed by atoms with Crippen LogP contribution in [0.2, 0.25) is 0 Å². The molecule has 0 spiro atoms. The van der Waals surface area contributed by atoms with Gasteiger partial charge in [-0.2, -0.15) is 0 Å². The first-order valence-electron chi connectivity index (χ1n) is 13.4. The van der Waals surface area contributed by atoms with Crippen LogP contribution in [0.1, 0.15) is 54.1 Å². The van der Waals surface area contributed by atoms with Crippen molar-refractivity contribution in [2.75, 3.05) is 26.2 Å². The van der Waals surface area contributed by atoms with Crippen molar-refractivity contribution in [3.63, 3.8) is 0 Å². The number of halogens is 1. The highest BCUT2D eigenvalue weighted by Gasteiger charge is 2.27. The van der Waals surface area contributed by atoms with E-state index >= 15 is 0 Å². The van der Waals surface area contributed by atoms with Crippen LogP contribution < -0.4 is 0 Å². The Labute approximate surface area is 223 Å². The summed E-state index contributed by atoms with van der Waals surface area (Å²) in [4.78, 5) is 22.0. The monoisotopic (exact) mass is 514 g/mol. The number of hydrogen-bond acceptors (Lipinski definition) is 4. The molecule has 1 fully saturated rings. The Morgan fingerprint density at radius 1 is 1.13 bits per heavy atom. The fourth-order valence-electron chi connectivity index (χ4n) is 5.62. The molecule has 0 saturated carbocycles. The van der Waals surface area contributed by atoms with Gasteiger partial charge in [0, 0.05) is 36.9 Å². The van der Waals surface area contributed by atoms with E-state index in [4.69, 9.17) is 0 Å². The molecule has 0 unspecified atom stereocenters. The van der Waals surface area contributed by atoms with E-state index in [0.717, 1.165) is 43.4 Å². The molecule has 2 aromatic carbocycles. The van der Waals surface area contributed by atoms with Gasteiger partial charge in [-0.15, -0.1) is 0 Å². The molecule has 1 aliphatic rings. The minimum absolute atomic E-state index is 0.134. The molecule has 3 heterocycles. The molecule has 7 heteroatoms. The zero-order valence-electron chi connectivity index (χ0n) is 22.1. The molecule has 4 aromatic rings. The van der Waals surface area contributed by atoms with E-state index in [9.17, 15) is 14.3 Å². The quantitative estimate of drug-likeness (QED) is 0.343. The Hall–Kier alpha value is -3.55. The molecule has 6 nitrogen and oxygen atoms in total. The standard InChI is InChI=1S/C31H35FN4O2/c1-22(2)35(16-17-37)31(38)27-18-25(32)8-9-29(27)36-21-28(26-10-13-33-19-30(26)36)24-11-14-34(15-12-24)20-23-6-4-3-5-7-23/h3-10,13,18-19,21-22,24,37H,11-12,14-17,20H2,1-2H3. The second-order valence-electron chi connectivity index (χ2n) is 10.4. The number of rotatable bonds is 8. The number of carbonyl (C=O) groups excluding carboxylic acids is 1. The normalized spacial score (nSPS) is 14.9. The van der Waals surface area contributed by atoms with Gasteiger partial charge in [0.05, 0.1) is 29.6 Å². The first kappa shape index (κ1) is 26.1. The lowest BCUT2D eigenvalue weighted by molar-refractivity contribution is 0.0665. The minimum Gasteiger partial charge on any atom is -0.395 e. The van der Waals surface area contributed by atoms with Crippen molar-refractivity contribution >= 4 is 16.8 Å². The predicted molar refractivity (Wildman–Crippen MR) is 148 cm³/mol. The first-order valence-corrected chi connectivity index (χ1v) is 13.4. The number of benzene rings is 2. The third-order valence-electron chi connectivity index (χ3n) is 7.59. The molecule has 0 aliphatic carbocycles. The first-order chi connectivity index (χ1) is 18.5. The second kappa shape index (κ2) is 11.5. The van der Waals surface area contributed by atoms with Gasteiger partial charge in [-0.25, -0.2) is 4.39 Å². The van der Waals surface area contributed by atoms with E-state index in [-0.39, 0.29) is 30.7 Å². The molecule has 0 bridgehead atoms. The Bertz CT molecular complexity index is 1390. The average Bonchev–Trinajstić information content (AvgIpc) is 3.32. The molecule has 38 heavy (non-hydrogen) atoms. The molecular formula is C31H35FN4O2. The van der Waals surface area contributed by atoms with Crippen LogP contribution in [0.25, 0.3) is 16.6 Å². The Morgan fingerprint density at radius 3 is 2.61 bits per heavy atom. The fraction of sp³-hybridized carbons (Fsp3) is 0.355. The van der Waals surface area contributed by atoms with E-state index in [1.165, 1.54) is 23.3 Å². The van der Waals surface area contributed by atoms with Gasteiger partial charge in [0.25, 0.3) is 5.91 Å². The number of pyridine rings is 1. The number of amides is 1. The van der Waals surface area contributed by atoms with Gasteiger partial charge in [0.1, 0.15) is 5.82 Å². The molecule has 1 saturated heterocycles. The predicted octanol–water partition coefficient (Wildman–Crippen LogP) is 5.39. The van der Waals surface area contributed by atoms with Crippen LogP contribution >= 0.6 is 0 Å². The van der Waals surface area contributed by atoms with Crippen molar-refractivity contribution in [2.45, 2.75) is 45.2 Å². The van der Waals surface area contributed by atoms with Crippen LogP contribution in [0, 0.1) is 5.82 Å². The number of piperidine rings is 1. The van der Waals surface area contributed by atoms with Crippen LogP contribution in [0.4, 0.5) is 4.39 Å². The second-order valence-corrected chi connectivity index (χ2v) is 10.4. The smallest absolute Gasteiger partial charge is 0.256 e. The largest absolute Gasteiger partial charge is 0.395 e. The lowest BCUT2D eigenvalue weighted by Gasteiger charge is -2.32. The number of hydrogen-bond donors (Lipinski definition) is 1. The fourth-order valence-corrected chi connectivity index (χ4v) is 5.62. The minimum atomic E-state index is -0.467. The highest BCUT2D eigenvalue weighted by atomic mass is 19.1. The average molecular weight is 515 g/mol. The van der Waals surface area contributed by atoms with Crippen molar-refractivity contribution in [3.8, 4) is 5.69 Å². The lowest BCUT2D eigenvalue weighted by atomic mass is 9.89. The molecule has 198 valence electrons. The number of nitrogens with zero attached hydrogens (tertiary/aromatic N) is 4. The van der Waals surface area contributed by atoms with Crippen molar-refractivity contribution in [1.29, 1.82) is 0 Å². The highest BCUT2D eigenvalue weighted by Crippen LogP contribution is 2.36. The SMILES string of the molecule is CC(C)N(CCO)C(=O)c1cc(F)ccc1-n1cc(C2CCN(Cc3ccccc3)CC2)c2ccncc21. The molecule has 5 rings (SSSR count). The molecule has 1 amide bonds. The zero-order valence-corrected chi connectivity index (χ0v) is 22.1. The van der Waals surface area contributed by atoms with Gasteiger partial charge < -0.3 is 14.6 Å². The third-order valence-corrected chi connectivity index (χ3v) is 7.59. The van der Waals surface area contributed by atoms with E-state index in [0.29, 0.717) is 11.6 Å². The van der Waals surface area contributed by atoms with Crippen LogP contribution in [0.15, 0.2) is 73.2 Å². The van der Waals surface area contributed by atoms with Crippen LogP contribution in [-0.2, 0) is 6.54 Å². The summed E-state index contributed by atoms with van der Waals surface area (Å²) in [5.41, 5.74) is 4.36. The molecule has 2 aromatic heterocycles. The van der Waals surface area contributed by atoms with Gasteiger partial charge in [-0.3, -0.25) is 14.7 Å². The van der Waals surface area contributed by atoms with E-state index in [1.54, 1.807) is 17.2 Å². The van der Waals surface area contributed by atoms with E-state index in [1.807, 2.05) is 36.7 Å². The molecule has 0 radical (unpaired) electrons. The van der Waals surface area contributed by atoms with E-state index in [2.05, 4.69) is 40.3 Å².